The first-order chi connectivity index (χ1) is 15.5. The number of carbonyl (C=O) groups excluding carboxylic acids is 4. The fourth-order valence-electron chi connectivity index (χ4n) is 4.78. The molecule has 3 unspecified atom stereocenters. The first-order valence-corrected chi connectivity index (χ1v) is 11.3. The molecule has 0 saturated carbocycles. The van der Waals surface area contributed by atoms with Gasteiger partial charge in [0, 0.05) is 33.4 Å². The Labute approximate surface area is 194 Å². The Hall–Kier alpha value is -2.60. The minimum atomic E-state index is -0.660. The monoisotopic (exact) mass is 468 g/mol. The van der Waals surface area contributed by atoms with Gasteiger partial charge in [-0.2, -0.15) is 0 Å². The number of carbonyl (C=O) groups is 4. The molecule has 3 fully saturated rings. The van der Waals surface area contributed by atoms with Gasteiger partial charge >= 0.3 is 18.1 Å². The summed E-state index contributed by atoms with van der Waals surface area (Å²) in [4.78, 5) is 61.4. The maximum Gasteiger partial charge on any atom is 0.328 e. The van der Waals surface area contributed by atoms with Crippen LogP contribution in [0.15, 0.2) is 0 Å². The average molecular weight is 469 g/mol. The number of amides is 7. The van der Waals surface area contributed by atoms with E-state index in [1.165, 1.54) is 38.7 Å². The van der Waals surface area contributed by atoms with Gasteiger partial charge in [0.15, 0.2) is 12.3 Å². The minimum Gasteiger partial charge on any atom is -0.364 e. The molecule has 0 aromatic heterocycles. The number of fused-ring (bicyclic) bond motifs is 1. The van der Waals surface area contributed by atoms with Crippen LogP contribution in [-0.4, -0.2) is 119 Å². The molecule has 3 aliphatic heterocycles. The van der Waals surface area contributed by atoms with Crippen LogP contribution in [0, 0.1) is 11.8 Å². The maximum absolute atomic E-state index is 13.6. The van der Waals surface area contributed by atoms with Crippen LogP contribution in [0.2, 0.25) is 0 Å². The Morgan fingerprint density at radius 3 is 1.82 bits per heavy atom. The number of methoxy groups -OCH3 is 2. The van der Waals surface area contributed by atoms with Crippen LogP contribution in [-0.2, 0) is 14.3 Å². The Morgan fingerprint density at radius 2 is 1.33 bits per heavy atom. The van der Waals surface area contributed by atoms with Crippen LogP contribution in [0.5, 0.6) is 0 Å². The molecule has 7 amide bonds. The van der Waals surface area contributed by atoms with E-state index in [-0.39, 0.29) is 56.6 Å². The summed E-state index contributed by atoms with van der Waals surface area (Å²) in [6.45, 7) is 9.94. The second-order valence-electron chi connectivity index (χ2n) is 9.53. The highest BCUT2D eigenvalue weighted by Gasteiger charge is 2.59. The number of hydrogen-bond donors (Lipinski definition) is 0. The molecule has 12 nitrogen and oxygen atoms in total. The van der Waals surface area contributed by atoms with Gasteiger partial charge in [-0.05, 0) is 19.8 Å². The van der Waals surface area contributed by atoms with Crippen LogP contribution < -0.4 is 0 Å². The second-order valence-corrected chi connectivity index (χ2v) is 9.53. The second kappa shape index (κ2) is 9.72. The van der Waals surface area contributed by atoms with E-state index in [4.69, 9.17) is 9.47 Å². The SMILES string of the molecule is COCN1C(=O)N(COC)C2C1N(CC(C)C)C(=O)N2CN1CC(C)C(=O)N(C(C)C)C1=O. The van der Waals surface area contributed by atoms with Crippen molar-refractivity contribution in [1.82, 2.24) is 29.4 Å². The standard InChI is InChI=1S/C21H36N6O6/c1-13(2)8-23-16-17(26(12-33-7)21(31)25(16)11-32-6)24(20(23)30)10-22-9-15(5)18(28)27(14(3)4)19(22)29/h13-17H,8-12H2,1-7H3. The number of hydrogen-bond acceptors (Lipinski definition) is 6. The summed E-state index contributed by atoms with van der Waals surface area (Å²) >= 11 is 0. The van der Waals surface area contributed by atoms with Crippen molar-refractivity contribution < 1.29 is 28.7 Å². The van der Waals surface area contributed by atoms with E-state index < -0.39 is 24.3 Å². The molecule has 3 aliphatic rings. The Morgan fingerprint density at radius 1 is 0.818 bits per heavy atom. The third-order valence-electron chi connectivity index (χ3n) is 6.09. The molecule has 3 heterocycles. The molecular formula is C21H36N6O6. The van der Waals surface area contributed by atoms with Crippen LogP contribution >= 0.6 is 0 Å². The van der Waals surface area contributed by atoms with Gasteiger partial charge in [0.1, 0.15) is 20.1 Å². The first kappa shape index (κ1) is 25.0. The third kappa shape index (κ3) is 4.33. The number of rotatable bonds is 9. The summed E-state index contributed by atoms with van der Waals surface area (Å²) in [7, 11) is 2.98. The van der Waals surface area contributed by atoms with Crippen LogP contribution in [0.1, 0.15) is 34.6 Å². The summed E-state index contributed by atoms with van der Waals surface area (Å²) in [5, 5.41) is 0. The normalized spacial score (nSPS) is 26.2. The molecule has 3 rings (SSSR count). The molecule has 0 aliphatic carbocycles. The molecule has 33 heavy (non-hydrogen) atoms. The minimum absolute atomic E-state index is 0.0134. The summed E-state index contributed by atoms with van der Waals surface area (Å²) < 4.78 is 10.5. The summed E-state index contributed by atoms with van der Waals surface area (Å²) in [6, 6.07) is -1.32. The lowest BCUT2D eigenvalue weighted by Crippen LogP contribution is -2.61. The van der Waals surface area contributed by atoms with Gasteiger partial charge in [-0.1, -0.05) is 20.8 Å². The van der Waals surface area contributed by atoms with Crippen molar-refractivity contribution in [3.8, 4) is 0 Å². The van der Waals surface area contributed by atoms with Crippen molar-refractivity contribution in [1.29, 1.82) is 0 Å². The highest BCUT2D eigenvalue weighted by molar-refractivity contribution is 5.98. The van der Waals surface area contributed by atoms with E-state index in [2.05, 4.69) is 0 Å². The van der Waals surface area contributed by atoms with E-state index in [0.717, 1.165) is 0 Å². The Bertz CT molecular complexity index is 791. The predicted octanol–water partition coefficient (Wildman–Crippen LogP) is 1.24. The van der Waals surface area contributed by atoms with E-state index in [9.17, 15) is 19.2 Å². The summed E-state index contributed by atoms with van der Waals surface area (Å²) in [6.07, 6.45) is -1.24. The van der Waals surface area contributed by atoms with Crippen molar-refractivity contribution in [3.05, 3.63) is 0 Å². The van der Waals surface area contributed by atoms with Crippen LogP contribution in [0.25, 0.3) is 0 Å². The molecule has 3 saturated heterocycles. The highest BCUT2D eigenvalue weighted by Crippen LogP contribution is 2.36. The topological polar surface area (TPSA) is 106 Å². The largest absolute Gasteiger partial charge is 0.364 e. The van der Waals surface area contributed by atoms with E-state index in [0.29, 0.717) is 6.54 Å². The third-order valence-corrected chi connectivity index (χ3v) is 6.09. The molecule has 0 spiro atoms. The summed E-state index contributed by atoms with van der Waals surface area (Å²) in [5.41, 5.74) is 0. The van der Waals surface area contributed by atoms with Gasteiger partial charge in [0.2, 0.25) is 5.91 Å². The van der Waals surface area contributed by atoms with Crippen molar-refractivity contribution in [2.75, 3.05) is 47.4 Å². The smallest absolute Gasteiger partial charge is 0.328 e. The lowest BCUT2D eigenvalue weighted by atomic mass is 10.1. The van der Waals surface area contributed by atoms with Crippen molar-refractivity contribution in [2.45, 2.75) is 53.0 Å². The number of ether oxygens (including phenoxy) is 2. The molecule has 0 radical (unpaired) electrons. The van der Waals surface area contributed by atoms with Gasteiger partial charge in [-0.3, -0.25) is 29.3 Å². The highest BCUT2D eigenvalue weighted by atomic mass is 16.5. The zero-order valence-corrected chi connectivity index (χ0v) is 20.6. The van der Waals surface area contributed by atoms with Crippen LogP contribution in [0.4, 0.5) is 14.4 Å². The maximum atomic E-state index is 13.6. The van der Waals surface area contributed by atoms with E-state index in [1.54, 1.807) is 25.7 Å². The lowest BCUT2D eigenvalue weighted by Gasteiger charge is -2.41. The molecular weight excluding hydrogens is 432 g/mol. The average Bonchev–Trinajstić information content (AvgIpc) is 3.13. The fourth-order valence-corrected chi connectivity index (χ4v) is 4.78. The predicted molar refractivity (Wildman–Crippen MR) is 117 cm³/mol. The molecule has 3 atom stereocenters. The van der Waals surface area contributed by atoms with Crippen molar-refractivity contribution in [3.63, 3.8) is 0 Å². The zero-order chi connectivity index (χ0) is 24.6. The van der Waals surface area contributed by atoms with E-state index in [1.807, 2.05) is 13.8 Å². The van der Waals surface area contributed by atoms with Crippen molar-refractivity contribution >= 4 is 24.0 Å². The molecule has 0 bridgehead atoms. The van der Waals surface area contributed by atoms with Gasteiger partial charge in [-0.25, -0.2) is 14.4 Å². The van der Waals surface area contributed by atoms with E-state index >= 15 is 0 Å². The number of imide groups is 1. The quantitative estimate of drug-likeness (QED) is 0.504. The van der Waals surface area contributed by atoms with Gasteiger partial charge < -0.3 is 14.4 Å². The number of urea groups is 3. The Kier molecular flexibility index (Phi) is 7.37. The first-order valence-electron chi connectivity index (χ1n) is 11.3. The molecule has 0 aromatic carbocycles. The summed E-state index contributed by atoms with van der Waals surface area (Å²) in [5.74, 6) is -0.450. The lowest BCUT2D eigenvalue weighted by molar-refractivity contribution is -0.137. The van der Waals surface area contributed by atoms with Gasteiger partial charge in [-0.15, -0.1) is 0 Å². The molecule has 0 N–H and O–H groups in total. The molecule has 186 valence electrons. The zero-order valence-electron chi connectivity index (χ0n) is 20.6. The van der Waals surface area contributed by atoms with Crippen molar-refractivity contribution in [2.24, 2.45) is 11.8 Å². The number of nitrogens with zero attached hydrogens (tertiary/aromatic N) is 6. The molecule has 0 aromatic rings. The Balaban J connectivity index is 1.96. The van der Waals surface area contributed by atoms with Gasteiger partial charge in [0.05, 0.1) is 5.92 Å². The molecule has 12 heteroatoms. The van der Waals surface area contributed by atoms with Crippen LogP contribution in [0.3, 0.4) is 0 Å². The van der Waals surface area contributed by atoms with Gasteiger partial charge in [0.25, 0.3) is 0 Å². The fraction of sp³-hybridized carbons (Fsp3) is 0.810.